The lowest BCUT2D eigenvalue weighted by Crippen LogP contribution is -2.30. The van der Waals surface area contributed by atoms with E-state index in [0.29, 0.717) is 26.2 Å². The van der Waals surface area contributed by atoms with Crippen molar-refractivity contribution in [3.05, 3.63) is 59.7 Å². The van der Waals surface area contributed by atoms with E-state index >= 15 is 0 Å². The molecule has 0 aromatic heterocycles. The number of ether oxygens (including phenoxy) is 2. The van der Waals surface area contributed by atoms with Gasteiger partial charge in [0.1, 0.15) is 13.2 Å². The van der Waals surface area contributed by atoms with Crippen molar-refractivity contribution in [3.63, 3.8) is 0 Å². The number of benzene rings is 2. The minimum atomic E-state index is 0.0202. The van der Waals surface area contributed by atoms with Crippen LogP contribution < -0.4 is 14.8 Å². The van der Waals surface area contributed by atoms with E-state index in [1.807, 2.05) is 62.5 Å². The van der Waals surface area contributed by atoms with Gasteiger partial charge in [-0.05, 0) is 37.2 Å². The van der Waals surface area contributed by atoms with Crippen LogP contribution in [-0.2, 0) is 11.3 Å². The van der Waals surface area contributed by atoms with E-state index in [0.717, 1.165) is 29.2 Å². The van der Waals surface area contributed by atoms with Gasteiger partial charge in [0.25, 0.3) is 0 Å². The molecule has 5 nitrogen and oxygen atoms in total. The predicted molar refractivity (Wildman–Crippen MR) is 101 cm³/mol. The summed E-state index contributed by atoms with van der Waals surface area (Å²) in [6, 6.07) is 16.0. The highest BCUT2D eigenvalue weighted by Crippen LogP contribution is 2.31. The zero-order valence-electron chi connectivity index (χ0n) is 15.4. The highest BCUT2D eigenvalue weighted by molar-refractivity contribution is 5.76. The summed E-state index contributed by atoms with van der Waals surface area (Å²) in [4.78, 5) is 14.3. The SMILES string of the molecule is CC(NC(=O)CCN(C)Cc1ccc2c(c1)OCCO2)c1ccccc1. The molecule has 1 heterocycles. The third-order valence-electron chi connectivity index (χ3n) is 4.46. The van der Waals surface area contributed by atoms with Crippen LogP contribution in [0.15, 0.2) is 48.5 Å². The number of carbonyl (C=O) groups is 1. The average Bonchev–Trinajstić information content (AvgIpc) is 2.67. The van der Waals surface area contributed by atoms with E-state index in [1.165, 1.54) is 0 Å². The van der Waals surface area contributed by atoms with Crippen LogP contribution in [0.25, 0.3) is 0 Å². The Balaban J connectivity index is 1.45. The quantitative estimate of drug-likeness (QED) is 0.830. The van der Waals surface area contributed by atoms with Crippen LogP contribution in [0.5, 0.6) is 11.5 Å². The molecule has 1 atom stereocenters. The van der Waals surface area contributed by atoms with Crippen molar-refractivity contribution in [3.8, 4) is 11.5 Å². The molecule has 0 bridgehead atoms. The van der Waals surface area contributed by atoms with Gasteiger partial charge in [0.15, 0.2) is 11.5 Å². The molecule has 0 spiro atoms. The fraction of sp³-hybridized carbons (Fsp3) is 0.381. The summed E-state index contributed by atoms with van der Waals surface area (Å²) in [5, 5.41) is 3.05. The topological polar surface area (TPSA) is 50.8 Å². The molecule has 0 fully saturated rings. The number of nitrogens with zero attached hydrogens (tertiary/aromatic N) is 1. The smallest absolute Gasteiger partial charge is 0.221 e. The number of nitrogens with one attached hydrogen (secondary N) is 1. The van der Waals surface area contributed by atoms with Crippen molar-refractivity contribution >= 4 is 5.91 Å². The fourth-order valence-corrected chi connectivity index (χ4v) is 3.01. The fourth-order valence-electron chi connectivity index (χ4n) is 3.01. The highest BCUT2D eigenvalue weighted by Gasteiger charge is 2.13. The lowest BCUT2D eigenvalue weighted by atomic mass is 10.1. The minimum Gasteiger partial charge on any atom is -0.486 e. The molecule has 0 aliphatic carbocycles. The first kappa shape index (κ1) is 18.3. The third kappa shape index (κ3) is 4.99. The van der Waals surface area contributed by atoms with Gasteiger partial charge in [-0.25, -0.2) is 0 Å². The number of fused-ring (bicyclic) bond motifs is 1. The Morgan fingerprint density at radius 2 is 1.85 bits per heavy atom. The molecule has 1 aliphatic heterocycles. The lowest BCUT2D eigenvalue weighted by Gasteiger charge is -2.21. The molecule has 26 heavy (non-hydrogen) atoms. The summed E-state index contributed by atoms with van der Waals surface area (Å²) >= 11 is 0. The summed E-state index contributed by atoms with van der Waals surface area (Å²) in [5.74, 6) is 1.67. The molecule has 2 aromatic rings. The molecule has 1 N–H and O–H groups in total. The maximum Gasteiger partial charge on any atom is 0.221 e. The van der Waals surface area contributed by atoms with E-state index < -0.39 is 0 Å². The summed E-state index contributed by atoms with van der Waals surface area (Å²) in [6.07, 6.45) is 0.470. The molecule has 1 aliphatic rings. The molecule has 0 saturated carbocycles. The van der Waals surface area contributed by atoms with Gasteiger partial charge in [-0.15, -0.1) is 0 Å². The van der Waals surface area contributed by atoms with Gasteiger partial charge < -0.3 is 19.7 Å². The molecular weight excluding hydrogens is 328 g/mol. The van der Waals surface area contributed by atoms with Crippen molar-refractivity contribution in [1.82, 2.24) is 10.2 Å². The summed E-state index contributed by atoms with van der Waals surface area (Å²) in [6.45, 7) is 4.65. The Kier molecular flexibility index (Phi) is 6.12. The predicted octanol–water partition coefficient (Wildman–Crippen LogP) is 3.16. The molecular formula is C21H26N2O3. The van der Waals surface area contributed by atoms with Crippen molar-refractivity contribution < 1.29 is 14.3 Å². The van der Waals surface area contributed by atoms with Gasteiger partial charge >= 0.3 is 0 Å². The van der Waals surface area contributed by atoms with Gasteiger partial charge in [-0.1, -0.05) is 36.4 Å². The summed E-state index contributed by atoms with van der Waals surface area (Å²) in [5.41, 5.74) is 2.26. The second kappa shape index (κ2) is 8.72. The Labute approximate surface area is 154 Å². The molecule has 0 saturated heterocycles. The molecule has 138 valence electrons. The van der Waals surface area contributed by atoms with Crippen LogP contribution in [0, 0.1) is 0 Å². The maximum atomic E-state index is 12.2. The zero-order valence-corrected chi connectivity index (χ0v) is 15.4. The van der Waals surface area contributed by atoms with Crippen molar-refractivity contribution in [2.45, 2.75) is 25.9 Å². The lowest BCUT2D eigenvalue weighted by molar-refractivity contribution is -0.122. The second-order valence-corrected chi connectivity index (χ2v) is 6.67. The van der Waals surface area contributed by atoms with Crippen LogP contribution in [0.2, 0.25) is 0 Å². The second-order valence-electron chi connectivity index (χ2n) is 6.67. The Bertz CT molecular complexity index is 733. The largest absolute Gasteiger partial charge is 0.486 e. The summed E-state index contributed by atoms with van der Waals surface area (Å²) < 4.78 is 11.2. The van der Waals surface area contributed by atoms with E-state index in [4.69, 9.17) is 9.47 Å². The number of carbonyl (C=O) groups excluding carboxylic acids is 1. The van der Waals surface area contributed by atoms with Gasteiger partial charge in [-0.2, -0.15) is 0 Å². The molecule has 1 unspecified atom stereocenters. The first-order chi connectivity index (χ1) is 12.6. The van der Waals surface area contributed by atoms with Crippen molar-refractivity contribution in [2.24, 2.45) is 0 Å². The third-order valence-corrected chi connectivity index (χ3v) is 4.46. The van der Waals surface area contributed by atoms with E-state index in [1.54, 1.807) is 0 Å². The maximum absolute atomic E-state index is 12.2. The van der Waals surface area contributed by atoms with Crippen LogP contribution >= 0.6 is 0 Å². The van der Waals surface area contributed by atoms with Crippen molar-refractivity contribution in [2.75, 3.05) is 26.8 Å². The van der Waals surface area contributed by atoms with Gasteiger partial charge in [0, 0.05) is 19.5 Å². The number of amides is 1. The standard InChI is InChI=1S/C21H26N2O3/c1-16(18-6-4-3-5-7-18)22-21(24)10-11-23(2)15-17-8-9-19-20(14-17)26-13-12-25-19/h3-9,14,16H,10-13,15H2,1-2H3,(H,22,24). The van der Waals surface area contributed by atoms with Crippen LogP contribution in [0.1, 0.15) is 30.5 Å². The molecule has 5 heteroatoms. The van der Waals surface area contributed by atoms with Crippen LogP contribution in [0.4, 0.5) is 0 Å². The molecule has 1 amide bonds. The van der Waals surface area contributed by atoms with Gasteiger partial charge in [-0.3, -0.25) is 4.79 Å². The highest BCUT2D eigenvalue weighted by atomic mass is 16.6. The number of hydrogen-bond acceptors (Lipinski definition) is 4. The Morgan fingerprint density at radius 1 is 1.12 bits per heavy atom. The zero-order chi connectivity index (χ0) is 18.4. The van der Waals surface area contributed by atoms with E-state index in [-0.39, 0.29) is 11.9 Å². The van der Waals surface area contributed by atoms with Gasteiger partial charge in [0.2, 0.25) is 5.91 Å². The monoisotopic (exact) mass is 354 g/mol. The number of hydrogen-bond donors (Lipinski definition) is 1. The van der Waals surface area contributed by atoms with Crippen LogP contribution in [0.3, 0.4) is 0 Å². The van der Waals surface area contributed by atoms with E-state index in [9.17, 15) is 4.79 Å². The minimum absolute atomic E-state index is 0.0202. The first-order valence-electron chi connectivity index (χ1n) is 9.03. The number of rotatable bonds is 7. The Hall–Kier alpha value is -2.53. The van der Waals surface area contributed by atoms with Gasteiger partial charge in [0.05, 0.1) is 6.04 Å². The average molecular weight is 354 g/mol. The van der Waals surface area contributed by atoms with E-state index in [2.05, 4.69) is 10.2 Å². The molecule has 3 rings (SSSR count). The van der Waals surface area contributed by atoms with Crippen molar-refractivity contribution in [1.29, 1.82) is 0 Å². The normalized spacial score (nSPS) is 14.1. The first-order valence-corrected chi connectivity index (χ1v) is 9.03. The molecule has 2 aromatic carbocycles. The van der Waals surface area contributed by atoms with Crippen LogP contribution in [-0.4, -0.2) is 37.6 Å². The Morgan fingerprint density at radius 3 is 2.62 bits per heavy atom. The summed E-state index contributed by atoms with van der Waals surface area (Å²) in [7, 11) is 2.02. The molecule has 0 radical (unpaired) electrons.